The van der Waals surface area contributed by atoms with Gasteiger partial charge in [-0.3, -0.25) is 9.52 Å². The first-order chi connectivity index (χ1) is 12.8. The summed E-state index contributed by atoms with van der Waals surface area (Å²) in [6.07, 6.45) is 0.706. The highest BCUT2D eigenvalue weighted by molar-refractivity contribution is 9.10. The van der Waals surface area contributed by atoms with Crippen molar-refractivity contribution in [2.45, 2.75) is 32.1 Å². The van der Waals surface area contributed by atoms with Gasteiger partial charge in [0.25, 0.3) is 10.0 Å². The van der Waals surface area contributed by atoms with Crippen LogP contribution in [0.5, 0.6) is 5.75 Å². The van der Waals surface area contributed by atoms with Crippen LogP contribution >= 0.6 is 15.9 Å². The molecule has 0 fully saturated rings. The van der Waals surface area contributed by atoms with Gasteiger partial charge in [-0.2, -0.15) is 0 Å². The monoisotopic (exact) mass is 454 g/mol. The maximum absolute atomic E-state index is 12.7. The van der Waals surface area contributed by atoms with E-state index in [1.807, 2.05) is 20.8 Å². The number of rotatable bonds is 8. The molecule has 2 aromatic rings. The second-order valence-corrected chi connectivity index (χ2v) is 8.55. The lowest BCUT2D eigenvalue weighted by Crippen LogP contribution is -2.20. The summed E-state index contributed by atoms with van der Waals surface area (Å²) in [5, 5.41) is 2.74. The molecule has 0 aliphatic rings. The molecule has 1 amide bonds. The Bertz CT molecular complexity index is 916. The summed E-state index contributed by atoms with van der Waals surface area (Å²) >= 11 is 3.36. The summed E-state index contributed by atoms with van der Waals surface area (Å²) in [5.74, 6) is 0.343. The van der Waals surface area contributed by atoms with Gasteiger partial charge in [0.2, 0.25) is 5.91 Å². The van der Waals surface area contributed by atoms with Crippen LogP contribution in [0.1, 0.15) is 27.2 Å². The Labute approximate surface area is 168 Å². The molecule has 0 heterocycles. The molecule has 0 spiro atoms. The molecular formula is C19H23BrN2O4S. The van der Waals surface area contributed by atoms with Gasteiger partial charge in [-0.05, 0) is 65.7 Å². The Morgan fingerprint density at radius 1 is 1.15 bits per heavy atom. The van der Waals surface area contributed by atoms with Crippen LogP contribution in [0.4, 0.5) is 11.4 Å². The van der Waals surface area contributed by atoms with Crippen molar-refractivity contribution in [3.8, 4) is 5.75 Å². The number of amides is 1. The predicted octanol–water partition coefficient (Wildman–Crippen LogP) is 4.63. The van der Waals surface area contributed by atoms with Crippen LogP contribution < -0.4 is 14.8 Å². The molecule has 0 aliphatic carbocycles. The van der Waals surface area contributed by atoms with Gasteiger partial charge in [0.1, 0.15) is 5.75 Å². The third kappa shape index (κ3) is 5.71. The molecule has 2 aromatic carbocycles. The predicted molar refractivity (Wildman–Crippen MR) is 111 cm³/mol. The van der Waals surface area contributed by atoms with Crippen LogP contribution in [-0.2, 0) is 14.8 Å². The number of carbonyl (C=O) groups is 1. The molecule has 0 bridgehead atoms. The molecular weight excluding hydrogens is 432 g/mol. The number of anilines is 2. The van der Waals surface area contributed by atoms with E-state index in [1.54, 1.807) is 30.3 Å². The fourth-order valence-corrected chi connectivity index (χ4v) is 3.83. The number of halogens is 1. The molecule has 27 heavy (non-hydrogen) atoms. The summed E-state index contributed by atoms with van der Waals surface area (Å²) in [6, 6.07) is 11.1. The number of benzene rings is 2. The van der Waals surface area contributed by atoms with E-state index in [0.29, 0.717) is 34.6 Å². The Kier molecular flexibility index (Phi) is 7.26. The van der Waals surface area contributed by atoms with E-state index in [4.69, 9.17) is 4.74 Å². The highest BCUT2D eigenvalue weighted by Crippen LogP contribution is 2.29. The fraction of sp³-hybridized carbons (Fsp3) is 0.316. The van der Waals surface area contributed by atoms with E-state index in [1.165, 1.54) is 12.1 Å². The standard InChI is InChI=1S/C19H23BrN2O4S/c1-4-13(3)19(23)21-14-7-6-8-16(11-14)27(24,25)22-15-9-10-18(26-5-2)17(20)12-15/h6-13,22H,4-5H2,1-3H3,(H,21,23)/t13-/m0/s1. The molecule has 8 heteroatoms. The zero-order valence-corrected chi connectivity index (χ0v) is 17.9. The van der Waals surface area contributed by atoms with Crippen molar-refractivity contribution < 1.29 is 17.9 Å². The van der Waals surface area contributed by atoms with E-state index in [0.717, 1.165) is 0 Å². The molecule has 6 nitrogen and oxygen atoms in total. The van der Waals surface area contributed by atoms with Crippen LogP contribution in [0.15, 0.2) is 51.8 Å². The second-order valence-electron chi connectivity index (χ2n) is 6.01. The van der Waals surface area contributed by atoms with Crippen molar-refractivity contribution in [2.75, 3.05) is 16.6 Å². The lowest BCUT2D eigenvalue weighted by atomic mass is 10.1. The number of nitrogens with one attached hydrogen (secondary N) is 2. The molecule has 0 aliphatic heterocycles. The minimum atomic E-state index is -3.80. The Balaban J connectivity index is 2.20. The van der Waals surface area contributed by atoms with Crippen LogP contribution in [0.25, 0.3) is 0 Å². The van der Waals surface area contributed by atoms with E-state index in [-0.39, 0.29) is 16.7 Å². The quantitative estimate of drug-likeness (QED) is 0.608. The third-order valence-corrected chi connectivity index (χ3v) is 5.95. The molecule has 1 atom stereocenters. The average molecular weight is 455 g/mol. The summed E-state index contributed by atoms with van der Waals surface area (Å²) < 4.78 is 34.0. The lowest BCUT2D eigenvalue weighted by molar-refractivity contribution is -0.119. The van der Waals surface area contributed by atoms with E-state index in [9.17, 15) is 13.2 Å². The van der Waals surface area contributed by atoms with Crippen molar-refractivity contribution in [1.29, 1.82) is 0 Å². The van der Waals surface area contributed by atoms with Crippen molar-refractivity contribution in [3.05, 3.63) is 46.9 Å². The molecule has 2 N–H and O–H groups in total. The summed E-state index contributed by atoms with van der Waals surface area (Å²) in [5.41, 5.74) is 0.843. The lowest BCUT2D eigenvalue weighted by Gasteiger charge is -2.13. The molecule has 146 valence electrons. The van der Waals surface area contributed by atoms with Crippen molar-refractivity contribution in [3.63, 3.8) is 0 Å². The normalized spacial score (nSPS) is 12.3. The summed E-state index contributed by atoms with van der Waals surface area (Å²) in [7, 11) is -3.80. The smallest absolute Gasteiger partial charge is 0.261 e. The number of hydrogen-bond acceptors (Lipinski definition) is 4. The first-order valence-corrected chi connectivity index (χ1v) is 10.9. The van der Waals surface area contributed by atoms with Gasteiger partial charge < -0.3 is 10.1 Å². The maximum Gasteiger partial charge on any atom is 0.261 e. The maximum atomic E-state index is 12.7. The van der Waals surface area contributed by atoms with Crippen LogP contribution in [0.2, 0.25) is 0 Å². The number of hydrogen-bond donors (Lipinski definition) is 2. The first-order valence-electron chi connectivity index (χ1n) is 8.63. The average Bonchev–Trinajstić information content (AvgIpc) is 2.63. The van der Waals surface area contributed by atoms with Gasteiger partial charge in [-0.15, -0.1) is 0 Å². The van der Waals surface area contributed by atoms with Crippen molar-refractivity contribution in [2.24, 2.45) is 5.92 Å². The van der Waals surface area contributed by atoms with Crippen LogP contribution in [-0.4, -0.2) is 20.9 Å². The molecule has 0 saturated heterocycles. The molecule has 0 unspecified atom stereocenters. The fourth-order valence-electron chi connectivity index (χ4n) is 2.24. The van der Waals surface area contributed by atoms with Crippen LogP contribution in [0.3, 0.4) is 0 Å². The van der Waals surface area contributed by atoms with Crippen molar-refractivity contribution >= 4 is 43.2 Å². The van der Waals surface area contributed by atoms with Gasteiger partial charge in [0.05, 0.1) is 21.7 Å². The zero-order chi connectivity index (χ0) is 20.0. The van der Waals surface area contributed by atoms with E-state index < -0.39 is 10.0 Å². The van der Waals surface area contributed by atoms with Crippen LogP contribution in [0, 0.1) is 5.92 Å². The molecule has 0 saturated carbocycles. The Morgan fingerprint density at radius 3 is 2.52 bits per heavy atom. The SMILES string of the molecule is CCOc1ccc(NS(=O)(=O)c2cccc(NC(=O)[C@@H](C)CC)c2)cc1Br. The Morgan fingerprint density at radius 2 is 1.89 bits per heavy atom. The third-order valence-electron chi connectivity index (χ3n) is 3.96. The zero-order valence-electron chi connectivity index (χ0n) is 15.5. The second kappa shape index (κ2) is 9.23. The van der Waals surface area contributed by atoms with Gasteiger partial charge in [-0.1, -0.05) is 19.9 Å². The van der Waals surface area contributed by atoms with Crippen molar-refractivity contribution in [1.82, 2.24) is 0 Å². The molecule has 0 radical (unpaired) electrons. The molecule has 0 aromatic heterocycles. The van der Waals surface area contributed by atoms with E-state index >= 15 is 0 Å². The minimum Gasteiger partial charge on any atom is -0.493 e. The largest absolute Gasteiger partial charge is 0.493 e. The molecule has 2 rings (SSSR count). The van der Waals surface area contributed by atoms with Gasteiger partial charge in [-0.25, -0.2) is 8.42 Å². The highest BCUT2D eigenvalue weighted by atomic mass is 79.9. The summed E-state index contributed by atoms with van der Waals surface area (Å²) in [4.78, 5) is 12.1. The topological polar surface area (TPSA) is 84.5 Å². The summed E-state index contributed by atoms with van der Waals surface area (Å²) in [6.45, 7) is 6.13. The number of carbonyl (C=O) groups excluding carboxylic acids is 1. The van der Waals surface area contributed by atoms with Gasteiger partial charge in [0, 0.05) is 11.6 Å². The number of sulfonamides is 1. The first kappa shape index (κ1) is 21.2. The van der Waals surface area contributed by atoms with Gasteiger partial charge >= 0.3 is 0 Å². The van der Waals surface area contributed by atoms with Gasteiger partial charge in [0.15, 0.2) is 0 Å². The highest BCUT2D eigenvalue weighted by Gasteiger charge is 2.17. The van der Waals surface area contributed by atoms with E-state index in [2.05, 4.69) is 26.0 Å². The Hall–Kier alpha value is -2.06. The number of ether oxygens (including phenoxy) is 1. The minimum absolute atomic E-state index is 0.0643.